The molecule has 152 valence electrons. The number of nitrogens with one attached hydrogen (secondary N) is 2. The molecular weight excluding hydrogens is 387 g/mol. The molecule has 1 aromatic carbocycles. The first-order chi connectivity index (χ1) is 12.3. The van der Waals surface area contributed by atoms with Gasteiger partial charge in [-0.3, -0.25) is 9.69 Å². The molecule has 1 fully saturated rings. The third-order valence-corrected chi connectivity index (χ3v) is 4.52. The number of aliphatic imine (C=N–C) groups is 1. The van der Waals surface area contributed by atoms with E-state index in [1.165, 1.54) is 37.9 Å². The molecule has 0 aromatic heterocycles. The van der Waals surface area contributed by atoms with Gasteiger partial charge in [0, 0.05) is 6.54 Å². The van der Waals surface area contributed by atoms with E-state index in [0.717, 1.165) is 31.1 Å². The van der Waals surface area contributed by atoms with Crippen molar-refractivity contribution >= 4 is 36.6 Å². The summed E-state index contributed by atoms with van der Waals surface area (Å²) in [4.78, 5) is 17.4. The molecule has 0 aliphatic carbocycles. The highest BCUT2D eigenvalue weighted by atomic mass is 35.5. The number of ether oxygens (including phenoxy) is 1. The summed E-state index contributed by atoms with van der Waals surface area (Å²) in [6, 6.07) is 8.44. The Morgan fingerprint density at radius 3 is 2.74 bits per heavy atom. The van der Waals surface area contributed by atoms with Crippen molar-refractivity contribution in [3.63, 3.8) is 0 Å². The van der Waals surface area contributed by atoms with Gasteiger partial charge in [0.05, 0.1) is 19.7 Å². The summed E-state index contributed by atoms with van der Waals surface area (Å²) in [5.41, 5.74) is 1.33. The predicted octanol–water partition coefficient (Wildman–Crippen LogP) is 2.40. The van der Waals surface area contributed by atoms with Crippen LogP contribution < -0.4 is 15.4 Å². The number of amidine groups is 1. The molecule has 0 radical (unpaired) electrons. The zero-order valence-corrected chi connectivity index (χ0v) is 17.2. The zero-order chi connectivity index (χ0) is 17.3. The van der Waals surface area contributed by atoms with Crippen LogP contribution in [0, 0.1) is 0 Å². The van der Waals surface area contributed by atoms with Crippen LogP contribution in [-0.4, -0.2) is 56.0 Å². The summed E-state index contributed by atoms with van der Waals surface area (Å²) in [6.07, 6.45) is 4.92. The second-order valence-corrected chi connectivity index (χ2v) is 6.67. The second-order valence-electron chi connectivity index (χ2n) is 6.67. The Morgan fingerprint density at radius 1 is 1.19 bits per heavy atom. The summed E-state index contributed by atoms with van der Waals surface area (Å²) in [7, 11) is 0. The van der Waals surface area contributed by atoms with Gasteiger partial charge in [0.2, 0.25) is 0 Å². The first-order valence-corrected chi connectivity index (χ1v) is 9.29. The molecule has 2 heterocycles. The van der Waals surface area contributed by atoms with Crippen molar-refractivity contribution in [2.24, 2.45) is 4.99 Å². The standard InChI is InChI=1S/C19H28N4O2.2ClH/c24-19-14-21-18(22-19)13-20-8-5-11-25-17-7-4-6-16(12-17)15-23-9-2-1-3-10-23;;/h4,6-7,12,20H,1-3,5,8-11,13-15H2,(H,21,22,24);2*1H. The molecule has 3 rings (SSSR count). The third-order valence-electron chi connectivity index (χ3n) is 4.52. The molecule has 1 amide bonds. The van der Waals surface area contributed by atoms with Gasteiger partial charge >= 0.3 is 0 Å². The predicted molar refractivity (Wildman–Crippen MR) is 113 cm³/mol. The monoisotopic (exact) mass is 416 g/mol. The Kier molecular flexibility index (Phi) is 11.4. The first kappa shape index (κ1) is 23.7. The van der Waals surface area contributed by atoms with Crippen molar-refractivity contribution in [1.82, 2.24) is 15.5 Å². The van der Waals surface area contributed by atoms with Crippen LogP contribution in [0.15, 0.2) is 29.3 Å². The van der Waals surface area contributed by atoms with Crippen molar-refractivity contribution in [1.29, 1.82) is 0 Å². The summed E-state index contributed by atoms with van der Waals surface area (Å²) < 4.78 is 5.87. The van der Waals surface area contributed by atoms with E-state index in [-0.39, 0.29) is 30.7 Å². The van der Waals surface area contributed by atoms with Gasteiger partial charge in [-0.1, -0.05) is 18.6 Å². The normalized spacial score (nSPS) is 16.7. The molecule has 6 nitrogen and oxygen atoms in total. The van der Waals surface area contributed by atoms with Crippen LogP contribution in [0.3, 0.4) is 0 Å². The van der Waals surface area contributed by atoms with Crippen molar-refractivity contribution in [3.05, 3.63) is 29.8 Å². The number of rotatable bonds is 9. The summed E-state index contributed by atoms with van der Waals surface area (Å²) in [6.45, 7) is 5.89. The summed E-state index contributed by atoms with van der Waals surface area (Å²) in [5.74, 6) is 1.59. The van der Waals surface area contributed by atoms with Gasteiger partial charge in [0.15, 0.2) is 0 Å². The van der Waals surface area contributed by atoms with E-state index in [1.54, 1.807) is 0 Å². The van der Waals surface area contributed by atoms with Crippen molar-refractivity contribution in [3.8, 4) is 5.75 Å². The molecule has 0 unspecified atom stereocenters. The van der Waals surface area contributed by atoms with E-state index in [9.17, 15) is 4.79 Å². The number of piperidine rings is 1. The van der Waals surface area contributed by atoms with E-state index in [2.05, 4.69) is 38.7 Å². The zero-order valence-electron chi connectivity index (χ0n) is 15.6. The first-order valence-electron chi connectivity index (χ1n) is 9.29. The van der Waals surface area contributed by atoms with E-state index in [0.29, 0.717) is 19.7 Å². The number of hydrogen-bond acceptors (Lipinski definition) is 5. The molecule has 1 aromatic rings. The van der Waals surface area contributed by atoms with Gasteiger partial charge in [-0.15, -0.1) is 24.8 Å². The van der Waals surface area contributed by atoms with Crippen LogP contribution in [0.4, 0.5) is 0 Å². The minimum atomic E-state index is -0.0930. The number of carbonyl (C=O) groups is 1. The van der Waals surface area contributed by atoms with Gasteiger partial charge in [-0.25, -0.2) is 0 Å². The number of halogens is 2. The third kappa shape index (κ3) is 8.47. The molecule has 0 saturated carbocycles. The summed E-state index contributed by atoms with van der Waals surface area (Å²) >= 11 is 0. The number of hydrogen-bond donors (Lipinski definition) is 2. The smallest absolute Gasteiger partial charge is 0.266 e. The second kappa shape index (κ2) is 12.9. The van der Waals surface area contributed by atoms with Crippen LogP contribution in [0.1, 0.15) is 31.2 Å². The fourth-order valence-corrected chi connectivity index (χ4v) is 3.21. The highest BCUT2D eigenvalue weighted by molar-refractivity contribution is 6.02. The van der Waals surface area contributed by atoms with Crippen molar-refractivity contribution < 1.29 is 9.53 Å². The Hall–Kier alpha value is -1.34. The molecule has 0 bridgehead atoms. The molecule has 2 aliphatic rings. The largest absolute Gasteiger partial charge is 0.494 e. The molecule has 2 N–H and O–H groups in total. The van der Waals surface area contributed by atoms with Crippen molar-refractivity contribution in [2.75, 3.05) is 39.3 Å². The molecule has 8 heteroatoms. The van der Waals surface area contributed by atoms with Gasteiger partial charge < -0.3 is 15.4 Å². The van der Waals surface area contributed by atoms with E-state index >= 15 is 0 Å². The lowest BCUT2D eigenvalue weighted by Crippen LogP contribution is -2.32. The average Bonchev–Trinajstić information content (AvgIpc) is 3.04. The lowest BCUT2D eigenvalue weighted by Gasteiger charge is -2.26. The van der Waals surface area contributed by atoms with Gasteiger partial charge in [-0.2, -0.15) is 4.99 Å². The van der Waals surface area contributed by atoms with Crippen LogP contribution in [0.5, 0.6) is 5.75 Å². The van der Waals surface area contributed by atoms with E-state index in [1.807, 2.05) is 6.07 Å². The van der Waals surface area contributed by atoms with Crippen LogP contribution >= 0.6 is 24.8 Å². The number of likely N-dealkylation sites (tertiary alicyclic amines) is 1. The molecule has 2 aliphatic heterocycles. The van der Waals surface area contributed by atoms with Crippen LogP contribution in [0.25, 0.3) is 0 Å². The fraction of sp³-hybridized carbons (Fsp3) is 0.579. The van der Waals surface area contributed by atoms with Crippen molar-refractivity contribution in [2.45, 2.75) is 32.2 Å². The van der Waals surface area contributed by atoms with Crippen LogP contribution in [-0.2, 0) is 11.3 Å². The van der Waals surface area contributed by atoms with E-state index in [4.69, 9.17) is 4.74 Å². The topological polar surface area (TPSA) is 66.0 Å². The molecule has 27 heavy (non-hydrogen) atoms. The summed E-state index contributed by atoms with van der Waals surface area (Å²) in [5, 5.41) is 6.23. The minimum Gasteiger partial charge on any atom is -0.494 e. The lowest BCUT2D eigenvalue weighted by atomic mass is 10.1. The highest BCUT2D eigenvalue weighted by Crippen LogP contribution is 2.17. The SMILES string of the molecule is Cl.Cl.O=C1CNC(CNCCCOc2cccc(CN3CCCCC3)c2)=N1. The van der Waals surface area contributed by atoms with E-state index < -0.39 is 0 Å². The number of nitrogens with zero attached hydrogens (tertiary/aromatic N) is 2. The Labute approximate surface area is 174 Å². The van der Waals surface area contributed by atoms with Gasteiger partial charge in [-0.05, 0) is 56.6 Å². The van der Waals surface area contributed by atoms with Gasteiger partial charge in [0.1, 0.15) is 11.6 Å². The average molecular weight is 417 g/mol. The van der Waals surface area contributed by atoms with Crippen LogP contribution in [0.2, 0.25) is 0 Å². The molecule has 1 saturated heterocycles. The molecular formula is C19H30Cl2N4O2. The fourth-order valence-electron chi connectivity index (χ4n) is 3.21. The number of benzene rings is 1. The number of carbonyl (C=O) groups excluding carboxylic acids is 1. The maximum atomic E-state index is 11.0. The van der Waals surface area contributed by atoms with Gasteiger partial charge in [0.25, 0.3) is 5.91 Å². The molecule has 0 atom stereocenters. The number of amides is 1. The Morgan fingerprint density at radius 2 is 2.00 bits per heavy atom. The Bertz CT molecular complexity index is 607. The maximum absolute atomic E-state index is 11.0. The quantitative estimate of drug-likeness (QED) is 0.605. The Balaban J connectivity index is 0.00000182. The lowest BCUT2D eigenvalue weighted by molar-refractivity contribution is -0.116. The molecule has 0 spiro atoms. The highest BCUT2D eigenvalue weighted by Gasteiger charge is 2.12. The minimum absolute atomic E-state index is 0. The maximum Gasteiger partial charge on any atom is 0.266 e.